The van der Waals surface area contributed by atoms with E-state index in [1.165, 1.54) is 29.8 Å². The van der Waals surface area contributed by atoms with Crippen LogP contribution in [0.5, 0.6) is 0 Å². The summed E-state index contributed by atoms with van der Waals surface area (Å²) >= 11 is 2.71. The van der Waals surface area contributed by atoms with Crippen molar-refractivity contribution in [1.82, 2.24) is 4.57 Å². The number of aryl methyl sites for hydroxylation is 1. The van der Waals surface area contributed by atoms with Crippen LogP contribution in [0, 0.1) is 6.92 Å². The minimum Gasteiger partial charge on any atom is -0.465 e. The number of fused-ring (bicyclic) bond motifs is 1. The van der Waals surface area contributed by atoms with Crippen LogP contribution in [0.25, 0.3) is 17.4 Å². The van der Waals surface area contributed by atoms with Gasteiger partial charge < -0.3 is 13.9 Å². The van der Waals surface area contributed by atoms with Gasteiger partial charge in [-0.3, -0.25) is 9.36 Å². The number of methoxy groups -OCH3 is 1. The number of furan rings is 1. The highest BCUT2D eigenvalue weighted by Gasteiger charge is 2.33. The van der Waals surface area contributed by atoms with E-state index in [2.05, 4.69) is 4.99 Å². The van der Waals surface area contributed by atoms with Gasteiger partial charge in [0.1, 0.15) is 17.6 Å². The Labute approximate surface area is 225 Å². The molecule has 4 aromatic rings. The van der Waals surface area contributed by atoms with Crippen LogP contribution in [0.15, 0.2) is 73.3 Å². The number of rotatable bonds is 6. The molecule has 1 aliphatic rings. The highest BCUT2D eigenvalue weighted by atomic mass is 32.1. The van der Waals surface area contributed by atoms with E-state index >= 15 is 0 Å². The van der Waals surface area contributed by atoms with Crippen molar-refractivity contribution in [2.24, 2.45) is 4.99 Å². The Morgan fingerprint density at radius 1 is 1.16 bits per heavy atom. The molecule has 4 heterocycles. The van der Waals surface area contributed by atoms with Crippen LogP contribution >= 0.6 is 22.7 Å². The molecular weight excluding hydrogens is 524 g/mol. The van der Waals surface area contributed by atoms with Gasteiger partial charge >= 0.3 is 11.9 Å². The minimum absolute atomic E-state index is 0.225. The number of hydrogen-bond donors (Lipinski definition) is 0. The molecule has 0 bridgehead atoms. The number of thiophene rings is 1. The Balaban J connectivity index is 1.57. The molecule has 0 saturated heterocycles. The lowest BCUT2D eigenvalue weighted by Crippen LogP contribution is -2.39. The second-order valence-electron chi connectivity index (χ2n) is 8.54. The normalized spacial score (nSPS) is 15.3. The van der Waals surface area contributed by atoms with Crippen LogP contribution in [0.3, 0.4) is 0 Å². The van der Waals surface area contributed by atoms with Crippen molar-refractivity contribution in [3.05, 3.63) is 101 Å². The minimum atomic E-state index is -0.615. The second kappa shape index (κ2) is 10.4. The fourth-order valence-corrected chi connectivity index (χ4v) is 6.25. The number of allylic oxidation sites excluding steroid dienone is 1. The van der Waals surface area contributed by atoms with Crippen LogP contribution < -0.4 is 14.9 Å². The molecule has 0 fully saturated rings. The lowest BCUT2D eigenvalue weighted by atomic mass is 10.0. The first-order valence-corrected chi connectivity index (χ1v) is 13.5. The molecule has 3 aromatic heterocycles. The zero-order valence-electron chi connectivity index (χ0n) is 21.1. The van der Waals surface area contributed by atoms with E-state index in [-0.39, 0.29) is 12.2 Å². The van der Waals surface area contributed by atoms with Gasteiger partial charge in [0.2, 0.25) is 0 Å². The van der Waals surface area contributed by atoms with Crippen molar-refractivity contribution >= 4 is 40.7 Å². The fourth-order valence-electron chi connectivity index (χ4n) is 4.40. The summed E-state index contributed by atoms with van der Waals surface area (Å²) < 4.78 is 18.1. The largest absolute Gasteiger partial charge is 0.465 e. The Hall–Kier alpha value is -4.02. The molecule has 8 nitrogen and oxygen atoms in total. The number of benzene rings is 1. The molecule has 0 aliphatic carbocycles. The van der Waals surface area contributed by atoms with Gasteiger partial charge in [0.25, 0.3) is 5.56 Å². The van der Waals surface area contributed by atoms with Crippen molar-refractivity contribution in [2.75, 3.05) is 13.7 Å². The van der Waals surface area contributed by atoms with E-state index in [1.54, 1.807) is 48.8 Å². The standard InChI is InChI=1S/C28H24N2O6S2/c1-5-35-27(33)23-16(3)29-28-30(24(23)21-7-6-12-37-21)25(31)22(38-28)14-18-9-11-20(36-18)19-10-8-17(13-15(19)2)26(32)34-4/h6-14,24H,5H2,1-4H3/b22-14+/t24-/m1/s1. The number of carbonyl (C=O) groups is 2. The van der Waals surface area contributed by atoms with Crippen molar-refractivity contribution in [2.45, 2.75) is 26.8 Å². The van der Waals surface area contributed by atoms with Crippen LogP contribution in [-0.4, -0.2) is 30.2 Å². The molecule has 1 aromatic carbocycles. The Bertz CT molecular complexity index is 1750. The lowest BCUT2D eigenvalue weighted by Gasteiger charge is -2.23. The van der Waals surface area contributed by atoms with Crippen LogP contribution in [0.4, 0.5) is 0 Å². The number of aromatic nitrogens is 1. The van der Waals surface area contributed by atoms with Gasteiger partial charge in [0.15, 0.2) is 4.80 Å². The summed E-state index contributed by atoms with van der Waals surface area (Å²) in [5.41, 5.74) is 2.76. The molecule has 0 spiro atoms. The fraction of sp³-hybridized carbons (Fsp3) is 0.214. The van der Waals surface area contributed by atoms with Gasteiger partial charge in [-0.1, -0.05) is 23.5 Å². The maximum atomic E-state index is 13.6. The SMILES string of the molecule is CCOC(=O)C1=C(C)N=c2s/c(=C/c3ccc(-c4ccc(C(=O)OC)cc4C)o3)c(=O)n2[C@@H]1c1cccs1. The molecule has 10 heteroatoms. The summed E-state index contributed by atoms with van der Waals surface area (Å²) in [5.74, 6) is 0.216. The maximum absolute atomic E-state index is 13.6. The van der Waals surface area contributed by atoms with Gasteiger partial charge in [-0.2, -0.15) is 0 Å². The highest BCUT2D eigenvalue weighted by molar-refractivity contribution is 7.10. The number of nitrogens with zero attached hydrogens (tertiary/aromatic N) is 2. The summed E-state index contributed by atoms with van der Waals surface area (Å²) in [5, 5.41) is 1.91. The van der Waals surface area contributed by atoms with Gasteiger partial charge in [0.05, 0.1) is 35.1 Å². The molecule has 194 valence electrons. The summed E-state index contributed by atoms with van der Waals surface area (Å²) in [6.07, 6.45) is 1.68. The van der Waals surface area contributed by atoms with E-state index in [4.69, 9.17) is 13.9 Å². The zero-order valence-corrected chi connectivity index (χ0v) is 22.8. The summed E-state index contributed by atoms with van der Waals surface area (Å²) in [6, 6.07) is 12.0. The maximum Gasteiger partial charge on any atom is 0.338 e. The van der Waals surface area contributed by atoms with Gasteiger partial charge in [-0.15, -0.1) is 11.3 Å². The van der Waals surface area contributed by atoms with E-state index in [0.29, 0.717) is 37.7 Å². The third-order valence-corrected chi connectivity index (χ3v) is 8.05. The van der Waals surface area contributed by atoms with E-state index < -0.39 is 18.0 Å². The summed E-state index contributed by atoms with van der Waals surface area (Å²) in [4.78, 5) is 44.3. The molecular formula is C28H24N2O6S2. The molecule has 0 amide bonds. The second-order valence-corrected chi connectivity index (χ2v) is 10.5. The lowest BCUT2D eigenvalue weighted by molar-refractivity contribution is -0.139. The molecule has 0 radical (unpaired) electrons. The average Bonchev–Trinajstić information content (AvgIpc) is 3.65. The van der Waals surface area contributed by atoms with Crippen LogP contribution in [0.2, 0.25) is 0 Å². The molecule has 0 N–H and O–H groups in total. The molecule has 38 heavy (non-hydrogen) atoms. The predicted octanol–water partition coefficient (Wildman–Crippen LogP) is 4.21. The number of esters is 2. The molecule has 1 atom stereocenters. The first-order valence-electron chi connectivity index (χ1n) is 11.8. The summed E-state index contributed by atoms with van der Waals surface area (Å²) in [6.45, 7) is 5.62. The average molecular weight is 549 g/mol. The zero-order chi connectivity index (χ0) is 27.0. The Morgan fingerprint density at radius 2 is 1.97 bits per heavy atom. The number of ether oxygens (including phenoxy) is 2. The van der Waals surface area contributed by atoms with Crippen LogP contribution in [0.1, 0.15) is 46.4 Å². The van der Waals surface area contributed by atoms with E-state index in [9.17, 15) is 14.4 Å². The predicted molar refractivity (Wildman–Crippen MR) is 145 cm³/mol. The molecule has 5 rings (SSSR count). The van der Waals surface area contributed by atoms with E-state index in [1.807, 2.05) is 30.5 Å². The first kappa shape index (κ1) is 25.6. The van der Waals surface area contributed by atoms with Crippen molar-refractivity contribution < 1.29 is 23.5 Å². The molecule has 0 unspecified atom stereocenters. The quantitative estimate of drug-likeness (QED) is 0.335. The highest BCUT2D eigenvalue weighted by Crippen LogP contribution is 2.33. The van der Waals surface area contributed by atoms with Gasteiger partial charge in [-0.05, 0) is 62.0 Å². The number of carbonyl (C=O) groups excluding carboxylic acids is 2. The molecule has 1 aliphatic heterocycles. The first-order chi connectivity index (χ1) is 18.3. The topological polar surface area (TPSA) is 100 Å². The molecule has 0 saturated carbocycles. The van der Waals surface area contributed by atoms with Crippen molar-refractivity contribution in [3.63, 3.8) is 0 Å². The van der Waals surface area contributed by atoms with Crippen LogP contribution in [-0.2, 0) is 14.3 Å². The third-order valence-electron chi connectivity index (χ3n) is 6.14. The number of thiazole rings is 1. The van der Waals surface area contributed by atoms with Gasteiger partial charge in [0, 0.05) is 16.5 Å². The smallest absolute Gasteiger partial charge is 0.338 e. The third kappa shape index (κ3) is 4.57. The Kier molecular flexibility index (Phi) is 7.00. The Morgan fingerprint density at radius 3 is 2.66 bits per heavy atom. The summed E-state index contributed by atoms with van der Waals surface area (Å²) in [7, 11) is 1.34. The van der Waals surface area contributed by atoms with E-state index in [0.717, 1.165) is 16.0 Å². The monoisotopic (exact) mass is 548 g/mol. The van der Waals surface area contributed by atoms with Crippen molar-refractivity contribution in [3.8, 4) is 11.3 Å². The van der Waals surface area contributed by atoms with Gasteiger partial charge in [-0.25, -0.2) is 14.6 Å². The number of hydrogen-bond acceptors (Lipinski definition) is 9. The van der Waals surface area contributed by atoms with Crippen molar-refractivity contribution in [1.29, 1.82) is 0 Å².